The van der Waals surface area contributed by atoms with Gasteiger partial charge in [0, 0.05) is 13.6 Å². The number of ketones is 1. The quantitative estimate of drug-likeness (QED) is 0.375. The molecule has 1 amide bonds. The van der Waals surface area contributed by atoms with E-state index in [1.807, 2.05) is 0 Å². The molecule has 5 nitrogen and oxygen atoms in total. The van der Waals surface area contributed by atoms with E-state index in [4.69, 9.17) is 0 Å². The van der Waals surface area contributed by atoms with Gasteiger partial charge in [-0.1, -0.05) is 0 Å². The van der Waals surface area contributed by atoms with Gasteiger partial charge in [0.25, 0.3) is 5.78 Å². The number of hydrogen-bond acceptors (Lipinski definition) is 4. The van der Waals surface area contributed by atoms with Crippen LogP contribution in [0.4, 0.5) is 0 Å². The summed E-state index contributed by atoms with van der Waals surface area (Å²) in [6, 6.07) is 0. The van der Waals surface area contributed by atoms with Crippen LogP contribution in [0, 0.1) is 5.92 Å². The van der Waals surface area contributed by atoms with Gasteiger partial charge in [0.1, 0.15) is 5.92 Å². The summed E-state index contributed by atoms with van der Waals surface area (Å²) >= 11 is 0. The van der Waals surface area contributed by atoms with Crippen molar-refractivity contribution in [3.63, 3.8) is 0 Å². The minimum absolute atomic E-state index is 0.154. The monoisotopic (exact) mass is 213 g/mol. The highest BCUT2D eigenvalue weighted by atomic mass is 16.5. The lowest BCUT2D eigenvalue weighted by Gasteiger charge is -2.27. The lowest BCUT2D eigenvalue weighted by molar-refractivity contribution is -0.159. The number of amides is 1. The van der Waals surface area contributed by atoms with E-state index in [0.717, 1.165) is 6.42 Å². The van der Waals surface area contributed by atoms with Crippen LogP contribution >= 0.6 is 0 Å². The van der Waals surface area contributed by atoms with Gasteiger partial charge in [-0.25, -0.2) is 4.79 Å². The maximum absolute atomic E-state index is 11.6. The SMILES string of the molecule is CCOC(=O)C(=O)C1CCCN(C)C1=O. The number of likely N-dealkylation sites (tertiary alicyclic amines) is 1. The first-order valence-corrected chi connectivity index (χ1v) is 5.03. The Morgan fingerprint density at radius 2 is 2.20 bits per heavy atom. The Labute approximate surface area is 88.4 Å². The molecule has 0 radical (unpaired) electrons. The van der Waals surface area contributed by atoms with E-state index in [9.17, 15) is 14.4 Å². The van der Waals surface area contributed by atoms with E-state index in [2.05, 4.69) is 4.74 Å². The summed E-state index contributed by atoms with van der Waals surface area (Å²) in [7, 11) is 1.63. The first-order chi connectivity index (χ1) is 7.07. The topological polar surface area (TPSA) is 63.7 Å². The summed E-state index contributed by atoms with van der Waals surface area (Å²) in [6.07, 6.45) is 1.19. The van der Waals surface area contributed by atoms with E-state index < -0.39 is 17.7 Å². The molecule has 0 aromatic rings. The van der Waals surface area contributed by atoms with Crippen LogP contribution in [0.2, 0.25) is 0 Å². The maximum Gasteiger partial charge on any atom is 0.375 e. The molecule has 1 aliphatic rings. The number of ether oxygens (including phenoxy) is 1. The van der Waals surface area contributed by atoms with Crippen molar-refractivity contribution >= 4 is 17.7 Å². The zero-order chi connectivity index (χ0) is 11.4. The summed E-state index contributed by atoms with van der Waals surface area (Å²) in [5.41, 5.74) is 0. The van der Waals surface area contributed by atoms with E-state index in [1.165, 1.54) is 4.90 Å². The van der Waals surface area contributed by atoms with Crippen LogP contribution in [0.15, 0.2) is 0 Å². The molecule has 1 aliphatic heterocycles. The predicted octanol–water partition coefficient (Wildman–Crippen LogP) is -0.0130. The fraction of sp³-hybridized carbons (Fsp3) is 0.700. The Balaban J connectivity index is 2.66. The minimum Gasteiger partial charge on any atom is -0.460 e. The number of carbonyl (C=O) groups excluding carboxylic acids is 3. The van der Waals surface area contributed by atoms with Gasteiger partial charge >= 0.3 is 5.97 Å². The van der Waals surface area contributed by atoms with Gasteiger partial charge in [-0.05, 0) is 19.8 Å². The largest absolute Gasteiger partial charge is 0.460 e. The molecule has 1 heterocycles. The minimum atomic E-state index is -0.897. The molecule has 0 aliphatic carbocycles. The number of nitrogens with zero attached hydrogens (tertiary/aromatic N) is 1. The Bertz CT molecular complexity index is 287. The summed E-state index contributed by atoms with van der Waals surface area (Å²) in [4.78, 5) is 35.7. The van der Waals surface area contributed by atoms with Gasteiger partial charge in [0.15, 0.2) is 0 Å². The van der Waals surface area contributed by atoms with Crippen LogP contribution in [0.1, 0.15) is 19.8 Å². The number of esters is 1. The fourth-order valence-corrected chi connectivity index (χ4v) is 1.62. The van der Waals surface area contributed by atoms with Gasteiger partial charge in [-0.15, -0.1) is 0 Å². The third-order valence-corrected chi connectivity index (χ3v) is 2.45. The Hall–Kier alpha value is -1.39. The van der Waals surface area contributed by atoms with Crippen molar-refractivity contribution in [2.24, 2.45) is 5.92 Å². The van der Waals surface area contributed by atoms with Crippen LogP contribution in [-0.2, 0) is 19.1 Å². The molecule has 84 valence electrons. The van der Waals surface area contributed by atoms with Crippen molar-refractivity contribution in [3.8, 4) is 0 Å². The molecule has 0 aromatic carbocycles. The third kappa shape index (κ3) is 2.55. The van der Waals surface area contributed by atoms with E-state index >= 15 is 0 Å². The number of rotatable bonds is 3. The average Bonchev–Trinajstić information content (AvgIpc) is 2.21. The molecule has 0 bridgehead atoms. The fourth-order valence-electron chi connectivity index (χ4n) is 1.62. The number of Topliss-reactive ketones (excluding diaryl/α,β-unsaturated/α-hetero) is 1. The number of hydrogen-bond donors (Lipinski definition) is 0. The lowest BCUT2D eigenvalue weighted by Crippen LogP contribution is -2.44. The highest BCUT2D eigenvalue weighted by Gasteiger charge is 2.36. The normalized spacial score (nSPS) is 21.3. The standard InChI is InChI=1S/C10H15NO4/c1-3-15-10(14)8(12)7-5-4-6-11(2)9(7)13/h7H,3-6H2,1-2H3. The van der Waals surface area contributed by atoms with Crippen molar-refractivity contribution < 1.29 is 19.1 Å². The Kier molecular flexibility index (Phi) is 3.82. The van der Waals surface area contributed by atoms with Crippen molar-refractivity contribution in [1.29, 1.82) is 0 Å². The van der Waals surface area contributed by atoms with Crippen molar-refractivity contribution in [1.82, 2.24) is 4.90 Å². The van der Waals surface area contributed by atoms with Gasteiger partial charge in [-0.3, -0.25) is 9.59 Å². The summed E-state index contributed by atoms with van der Waals surface area (Å²) < 4.78 is 4.58. The maximum atomic E-state index is 11.6. The molecule has 1 fully saturated rings. The van der Waals surface area contributed by atoms with Crippen LogP contribution in [0.25, 0.3) is 0 Å². The molecule has 0 aromatic heterocycles. The highest BCUT2D eigenvalue weighted by Crippen LogP contribution is 2.18. The number of carbonyl (C=O) groups is 3. The first-order valence-electron chi connectivity index (χ1n) is 5.03. The second-order valence-electron chi connectivity index (χ2n) is 3.54. The van der Waals surface area contributed by atoms with Crippen molar-refractivity contribution in [2.45, 2.75) is 19.8 Å². The zero-order valence-corrected chi connectivity index (χ0v) is 8.99. The average molecular weight is 213 g/mol. The Morgan fingerprint density at radius 1 is 1.53 bits per heavy atom. The summed E-state index contributed by atoms with van der Waals surface area (Å²) in [5, 5.41) is 0. The van der Waals surface area contributed by atoms with E-state index in [-0.39, 0.29) is 12.5 Å². The van der Waals surface area contributed by atoms with Crippen LogP contribution in [0.5, 0.6) is 0 Å². The third-order valence-electron chi connectivity index (χ3n) is 2.45. The second-order valence-corrected chi connectivity index (χ2v) is 3.54. The molecule has 1 saturated heterocycles. The molecular weight excluding hydrogens is 198 g/mol. The van der Waals surface area contributed by atoms with E-state index in [1.54, 1.807) is 14.0 Å². The van der Waals surface area contributed by atoms with E-state index in [0.29, 0.717) is 13.0 Å². The second kappa shape index (κ2) is 4.91. The molecule has 0 N–H and O–H groups in total. The van der Waals surface area contributed by atoms with Crippen LogP contribution in [-0.4, -0.2) is 42.8 Å². The highest BCUT2D eigenvalue weighted by molar-refractivity contribution is 6.38. The molecule has 15 heavy (non-hydrogen) atoms. The molecule has 1 atom stereocenters. The molecule has 1 rings (SSSR count). The van der Waals surface area contributed by atoms with Crippen LogP contribution in [0.3, 0.4) is 0 Å². The van der Waals surface area contributed by atoms with Crippen molar-refractivity contribution in [3.05, 3.63) is 0 Å². The molecule has 1 unspecified atom stereocenters. The van der Waals surface area contributed by atoms with Crippen LogP contribution < -0.4 is 0 Å². The molecule has 0 saturated carbocycles. The smallest absolute Gasteiger partial charge is 0.375 e. The zero-order valence-electron chi connectivity index (χ0n) is 8.99. The van der Waals surface area contributed by atoms with Gasteiger partial charge < -0.3 is 9.64 Å². The van der Waals surface area contributed by atoms with Gasteiger partial charge in [0.2, 0.25) is 5.91 Å². The molecular formula is C10H15NO4. The summed E-state index contributed by atoms with van der Waals surface area (Å²) in [5.74, 6) is -2.72. The summed E-state index contributed by atoms with van der Waals surface area (Å²) in [6.45, 7) is 2.42. The first kappa shape index (κ1) is 11.7. The van der Waals surface area contributed by atoms with Gasteiger partial charge in [-0.2, -0.15) is 0 Å². The molecule has 5 heteroatoms. The van der Waals surface area contributed by atoms with Crippen molar-refractivity contribution in [2.75, 3.05) is 20.2 Å². The predicted molar refractivity (Wildman–Crippen MR) is 52.0 cm³/mol. The Morgan fingerprint density at radius 3 is 2.80 bits per heavy atom. The number of piperidine rings is 1. The van der Waals surface area contributed by atoms with Gasteiger partial charge in [0.05, 0.1) is 6.61 Å². The lowest BCUT2D eigenvalue weighted by atomic mass is 9.93. The molecule has 0 spiro atoms.